The minimum Gasteiger partial charge on any atom is -0.324 e. The lowest BCUT2D eigenvalue weighted by molar-refractivity contribution is 0.471. The van der Waals surface area contributed by atoms with Crippen molar-refractivity contribution in [1.82, 2.24) is 29.6 Å². The molecule has 2 N–H and O–H groups in total. The van der Waals surface area contributed by atoms with Gasteiger partial charge in [0, 0.05) is 24.5 Å². The zero-order chi connectivity index (χ0) is 21.5. The van der Waals surface area contributed by atoms with Crippen LogP contribution in [0.5, 0.6) is 0 Å². The van der Waals surface area contributed by atoms with E-state index in [0.29, 0.717) is 22.8 Å². The number of benzene rings is 1. The monoisotopic (exact) mass is 419 g/mol. The Hall–Kier alpha value is -3.59. The van der Waals surface area contributed by atoms with Crippen molar-refractivity contribution in [2.75, 3.05) is 11.9 Å². The van der Waals surface area contributed by atoms with Crippen LogP contribution < -0.4 is 16.2 Å². The van der Waals surface area contributed by atoms with Gasteiger partial charge in [-0.15, -0.1) is 0 Å². The molecule has 158 valence electrons. The van der Waals surface area contributed by atoms with Gasteiger partial charge in [0.2, 0.25) is 5.95 Å². The van der Waals surface area contributed by atoms with Gasteiger partial charge in [0.05, 0.1) is 6.20 Å². The molecule has 0 atom stereocenters. The molecule has 1 aliphatic rings. The van der Waals surface area contributed by atoms with E-state index < -0.39 is 5.82 Å². The molecule has 0 saturated carbocycles. The van der Waals surface area contributed by atoms with E-state index in [1.54, 1.807) is 9.36 Å². The molecule has 1 aromatic carbocycles. The molecule has 0 fully saturated rings. The second-order valence-electron chi connectivity index (χ2n) is 7.86. The summed E-state index contributed by atoms with van der Waals surface area (Å²) < 4.78 is 16.6. The van der Waals surface area contributed by atoms with E-state index in [2.05, 4.69) is 37.7 Å². The summed E-state index contributed by atoms with van der Waals surface area (Å²) in [6.45, 7) is 5.61. The van der Waals surface area contributed by atoms with Crippen LogP contribution in [0.1, 0.15) is 31.0 Å². The molecule has 0 saturated heterocycles. The Morgan fingerprint density at radius 2 is 2.00 bits per heavy atom. The van der Waals surface area contributed by atoms with Crippen molar-refractivity contribution in [3.05, 3.63) is 70.0 Å². The molecule has 3 aromatic heterocycles. The van der Waals surface area contributed by atoms with Crippen LogP contribution in [-0.4, -0.2) is 30.9 Å². The molecule has 4 heterocycles. The molecule has 1 aliphatic heterocycles. The second kappa shape index (κ2) is 7.59. The summed E-state index contributed by atoms with van der Waals surface area (Å²) >= 11 is 0. The van der Waals surface area contributed by atoms with E-state index >= 15 is 0 Å². The van der Waals surface area contributed by atoms with Crippen LogP contribution in [0, 0.1) is 5.82 Å². The van der Waals surface area contributed by atoms with Gasteiger partial charge >= 0.3 is 0 Å². The number of fused-ring (bicyclic) bond motifs is 2. The summed E-state index contributed by atoms with van der Waals surface area (Å²) in [4.78, 5) is 26.1. The van der Waals surface area contributed by atoms with Crippen LogP contribution in [0.4, 0.5) is 16.0 Å². The van der Waals surface area contributed by atoms with E-state index in [1.807, 2.05) is 19.9 Å². The van der Waals surface area contributed by atoms with Gasteiger partial charge < -0.3 is 10.6 Å². The second-order valence-corrected chi connectivity index (χ2v) is 7.86. The predicted molar refractivity (Wildman–Crippen MR) is 116 cm³/mol. The number of aromatic nitrogens is 5. The molecule has 4 aromatic rings. The number of halogens is 1. The van der Waals surface area contributed by atoms with Crippen molar-refractivity contribution in [3.63, 3.8) is 0 Å². The number of anilines is 2. The number of hydrogen-bond acceptors (Lipinski definition) is 6. The highest BCUT2D eigenvalue weighted by Crippen LogP contribution is 2.23. The lowest BCUT2D eigenvalue weighted by Crippen LogP contribution is -2.24. The van der Waals surface area contributed by atoms with Gasteiger partial charge in [-0.3, -0.25) is 4.79 Å². The van der Waals surface area contributed by atoms with Crippen molar-refractivity contribution in [2.45, 2.75) is 32.9 Å². The van der Waals surface area contributed by atoms with Crippen molar-refractivity contribution >= 4 is 22.7 Å². The van der Waals surface area contributed by atoms with Crippen molar-refractivity contribution in [3.8, 4) is 5.82 Å². The summed E-state index contributed by atoms with van der Waals surface area (Å²) in [5.41, 5.74) is 3.65. The highest BCUT2D eigenvalue weighted by atomic mass is 19.1. The van der Waals surface area contributed by atoms with Crippen LogP contribution in [0.3, 0.4) is 0 Å². The first kappa shape index (κ1) is 19.4. The quantitative estimate of drug-likeness (QED) is 0.528. The van der Waals surface area contributed by atoms with Crippen LogP contribution >= 0.6 is 0 Å². The first-order valence-electron chi connectivity index (χ1n) is 10.2. The van der Waals surface area contributed by atoms with Gasteiger partial charge in [-0.1, -0.05) is 6.07 Å². The average molecular weight is 419 g/mol. The molecular weight excluding hydrogens is 397 g/mol. The Balaban J connectivity index is 1.61. The van der Waals surface area contributed by atoms with Gasteiger partial charge in [-0.25, -0.2) is 23.7 Å². The molecule has 0 unspecified atom stereocenters. The maximum Gasteiger partial charge on any atom is 0.278 e. The first-order valence-corrected chi connectivity index (χ1v) is 10.2. The Morgan fingerprint density at radius 1 is 1.13 bits per heavy atom. The molecule has 5 rings (SSSR count). The van der Waals surface area contributed by atoms with Crippen molar-refractivity contribution in [1.29, 1.82) is 0 Å². The molecule has 0 radical (unpaired) electrons. The first-order chi connectivity index (χ1) is 15.0. The lowest BCUT2D eigenvalue weighted by atomic mass is 10.0. The third kappa shape index (κ3) is 3.46. The summed E-state index contributed by atoms with van der Waals surface area (Å²) in [6, 6.07) is 8.89. The summed E-state index contributed by atoms with van der Waals surface area (Å²) in [5.74, 6) is 0.331. The van der Waals surface area contributed by atoms with E-state index in [0.717, 1.165) is 31.4 Å². The highest BCUT2D eigenvalue weighted by molar-refractivity contribution is 5.77. The summed E-state index contributed by atoms with van der Waals surface area (Å²) in [5, 5.41) is 6.98. The molecule has 0 amide bonds. The van der Waals surface area contributed by atoms with E-state index in [-0.39, 0.29) is 11.6 Å². The third-order valence-electron chi connectivity index (χ3n) is 5.39. The zero-order valence-electron chi connectivity index (χ0n) is 17.3. The largest absolute Gasteiger partial charge is 0.324 e. The maximum absolute atomic E-state index is 13.4. The van der Waals surface area contributed by atoms with Gasteiger partial charge in [0.1, 0.15) is 11.2 Å². The lowest BCUT2D eigenvalue weighted by Gasteiger charge is -2.18. The molecule has 8 nitrogen and oxygen atoms in total. The standard InChI is InChI=1S/C22H22FN7O/c1-13(2)29-21(31)18-12-26-22(27-17-5-3-14-7-8-24-10-15(14)9-17)28-20(18)30(29)19-6-4-16(23)11-25-19/h3-6,9,11-13,24H,7-8,10H2,1-2H3,(H,26,27,28). The Bertz CT molecular complexity index is 1320. The molecule has 9 heteroatoms. The average Bonchev–Trinajstić information content (AvgIpc) is 3.06. The van der Waals surface area contributed by atoms with E-state index in [1.165, 1.54) is 29.5 Å². The zero-order valence-corrected chi connectivity index (χ0v) is 17.3. The van der Waals surface area contributed by atoms with Gasteiger partial charge in [-0.05, 0) is 62.2 Å². The number of nitrogens with one attached hydrogen (secondary N) is 2. The van der Waals surface area contributed by atoms with Crippen LogP contribution in [0.15, 0.2) is 47.5 Å². The van der Waals surface area contributed by atoms with Gasteiger partial charge in [0.15, 0.2) is 11.5 Å². The number of rotatable bonds is 4. The SMILES string of the molecule is CC(C)n1c(=O)c2cnc(Nc3ccc4c(c3)CNCC4)nc2n1-c1ccc(F)cn1. The fourth-order valence-electron chi connectivity index (χ4n) is 3.93. The van der Waals surface area contributed by atoms with E-state index in [4.69, 9.17) is 0 Å². The third-order valence-corrected chi connectivity index (χ3v) is 5.39. The number of nitrogens with zero attached hydrogens (tertiary/aromatic N) is 5. The van der Waals surface area contributed by atoms with Crippen LogP contribution in [0.25, 0.3) is 16.9 Å². The maximum atomic E-state index is 13.4. The normalized spacial score (nSPS) is 13.5. The fourth-order valence-corrected chi connectivity index (χ4v) is 3.93. The van der Waals surface area contributed by atoms with Gasteiger partial charge in [-0.2, -0.15) is 4.98 Å². The fraction of sp³-hybridized carbons (Fsp3) is 0.273. The number of hydrogen-bond donors (Lipinski definition) is 2. The molecule has 0 spiro atoms. The molecule has 31 heavy (non-hydrogen) atoms. The van der Waals surface area contributed by atoms with Crippen molar-refractivity contribution in [2.24, 2.45) is 0 Å². The van der Waals surface area contributed by atoms with Crippen LogP contribution in [-0.2, 0) is 13.0 Å². The molecular formula is C22H22FN7O. The highest BCUT2D eigenvalue weighted by Gasteiger charge is 2.20. The molecule has 0 bridgehead atoms. The van der Waals surface area contributed by atoms with Crippen molar-refractivity contribution < 1.29 is 4.39 Å². The smallest absolute Gasteiger partial charge is 0.278 e. The van der Waals surface area contributed by atoms with Gasteiger partial charge in [0.25, 0.3) is 5.56 Å². The topological polar surface area (TPSA) is 89.7 Å². The minimum atomic E-state index is -0.447. The number of pyridine rings is 1. The molecule has 0 aliphatic carbocycles. The Kier molecular flexibility index (Phi) is 4.74. The van der Waals surface area contributed by atoms with E-state index in [9.17, 15) is 9.18 Å². The summed E-state index contributed by atoms with van der Waals surface area (Å²) in [7, 11) is 0. The summed E-state index contributed by atoms with van der Waals surface area (Å²) in [6.07, 6.45) is 3.65. The Morgan fingerprint density at radius 3 is 2.77 bits per heavy atom. The predicted octanol–water partition coefficient (Wildman–Crippen LogP) is 3.09. The Labute approximate surface area is 177 Å². The van der Waals surface area contributed by atoms with Crippen LogP contribution in [0.2, 0.25) is 0 Å². The minimum absolute atomic E-state index is 0.155.